The fourth-order valence-corrected chi connectivity index (χ4v) is 7.52. The summed E-state index contributed by atoms with van der Waals surface area (Å²) in [6.07, 6.45) is 15.5. The first kappa shape index (κ1) is 27.1. The molecule has 0 radical (unpaired) electrons. The molecule has 1 heterocycles. The van der Waals surface area contributed by atoms with Gasteiger partial charge in [0.15, 0.2) is 0 Å². The van der Waals surface area contributed by atoms with Gasteiger partial charge < -0.3 is 4.42 Å². The van der Waals surface area contributed by atoms with E-state index in [2.05, 4.69) is 145 Å². The minimum Gasteiger partial charge on any atom is -0.455 e. The van der Waals surface area contributed by atoms with Gasteiger partial charge in [0.25, 0.3) is 0 Å². The number of hydrogen-bond donors (Lipinski definition) is 0. The van der Waals surface area contributed by atoms with Gasteiger partial charge in [0.05, 0.1) is 0 Å². The van der Waals surface area contributed by atoms with Gasteiger partial charge in [-0.3, -0.25) is 0 Å². The molecule has 0 atom stereocenters. The van der Waals surface area contributed by atoms with Crippen LogP contribution in [0.5, 0.6) is 0 Å². The molecule has 0 unspecified atom stereocenters. The first-order valence-corrected chi connectivity index (χ1v) is 16.0. The summed E-state index contributed by atoms with van der Waals surface area (Å²) >= 11 is 0. The van der Waals surface area contributed by atoms with E-state index in [9.17, 15) is 0 Å². The number of fused-ring (bicyclic) bond motifs is 7. The third-order valence-electron chi connectivity index (χ3n) is 9.45. The molecular formula is C46H28O. The highest BCUT2D eigenvalue weighted by atomic mass is 16.3. The molecule has 0 aliphatic heterocycles. The highest BCUT2D eigenvalue weighted by Gasteiger charge is 2.24. The molecule has 0 N–H and O–H groups in total. The Hall–Kier alpha value is -6.28. The third kappa shape index (κ3) is 4.01. The lowest BCUT2D eigenvalue weighted by atomic mass is 9.81. The molecule has 0 saturated carbocycles. The van der Waals surface area contributed by atoms with E-state index in [4.69, 9.17) is 10.8 Å². The van der Waals surface area contributed by atoms with Crippen molar-refractivity contribution in [2.24, 2.45) is 0 Å². The molecule has 1 heteroatoms. The van der Waals surface area contributed by atoms with E-state index >= 15 is 0 Å². The van der Waals surface area contributed by atoms with Crippen molar-refractivity contribution in [1.29, 1.82) is 0 Å². The molecule has 47 heavy (non-hydrogen) atoms. The van der Waals surface area contributed by atoms with Gasteiger partial charge in [0, 0.05) is 39.4 Å². The van der Waals surface area contributed by atoms with Crippen LogP contribution in [0, 0.1) is 24.2 Å². The fraction of sp³-hybridized carbons (Fsp3) is 0.0435. The van der Waals surface area contributed by atoms with Crippen LogP contribution in [-0.2, 0) is 0 Å². The summed E-state index contributed by atoms with van der Waals surface area (Å²) in [4.78, 5) is 0. The van der Waals surface area contributed by atoms with Crippen molar-refractivity contribution in [3.63, 3.8) is 0 Å². The number of hydrogen-bond acceptors (Lipinski definition) is 1. The second-order valence-electron chi connectivity index (χ2n) is 12.0. The molecule has 0 saturated heterocycles. The highest BCUT2D eigenvalue weighted by Crippen LogP contribution is 2.50. The molecule has 0 amide bonds. The largest absolute Gasteiger partial charge is 0.455 e. The van der Waals surface area contributed by atoms with Crippen molar-refractivity contribution < 1.29 is 4.42 Å². The van der Waals surface area contributed by atoms with Crippen LogP contribution in [0.3, 0.4) is 0 Å². The molecule has 1 aromatic heterocycles. The van der Waals surface area contributed by atoms with Gasteiger partial charge in [-0.15, -0.1) is 6.42 Å². The lowest BCUT2D eigenvalue weighted by molar-refractivity contribution is 0.670. The summed E-state index contributed by atoms with van der Waals surface area (Å²) in [5.41, 5.74) is 10.2. The van der Waals surface area contributed by atoms with Crippen molar-refractivity contribution in [2.75, 3.05) is 0 Å². The minimum atomic E-state index is 0.703. The van der Waals surface area contributed by atoms with E-state index in [1.54, 1.807) is 0 Å². The Morgan fingerprint density at radius 2 is 1.34 bits per heavy atom. The summed E-state index contributed by atoms with van der Waals surface area (Å²) in [6.45, 7) is 2.04. The maximum absolute atomic E-state index is 6.76. The number of benzene rings is 7. The predicted octanol–water partition coefficient (Wildman–Crippen LogP) is 12.2. The first-order chi connectivity index (χ1) is 23.3. The number of rotatable bonds is 3. The van der Waals surface area contributed by atoms with E-state index in [-0.39, 0.29) is 0 Å². The second-order valence-corrected chi connectivity index (χ2v) is 12.0. The molecule has 218 valence electrons. The maximum atomic E-state index is 6.76. The van der Waals surface area contributed by atoms with Crippen LogP contribution in [0.25, 0.3) is 88.7 Å². The van der Waals surface area contributed by atoms with Gasteiger partial charge in [-0.2, -0.15) is 0 Å². The molecule has 1 aliphatic rings. The molecular weight excluding hydrogens is 569 g/mol. The zero-order chi connectivity index (χ0) is 31.5. The smallest absolute Gasteiger partial charge is 0.143 e. The summed E-state index contributed by atoms with van der Waals surface area (Å²) < 4.78 is 6.76. The summed E-state index contributed by atoms with van der Waals surface area (Å²) in [7, 11) is 0. The quantitative estimate of drug-likeness (QED) is 0.146. The van der Waals surface area contributed by atoms with E-state index in [0.717, 1.165) is 66.1 Å². The molecule has 8 aromatic rings. The monoisotopic (exact) mass is 596 g/mol. The number of furan rings is 1. The van der Waals surface area contributed by atoms with Gasteiger partial charge in [-0.1, -0.05) is 133 Å². The average molecular weight is 597 g/mol. The van der Waals surface area contributed by atoms with E-state index in [1.165, 1.54) is 32.7 Å². The van der Waals surface area contributed by atoms with Crippen molar-refractivity contribution in [2.45, 2.75) is 13.3 Å². The fourth-order valence-electron chi connectivity index (χ4n) is 7.52. The summed E-state index contributed by atoms with van der Waals surface area (Å²) in [5, 5.41) is 9.26. The van der Waals surface area contributed by atoms with Crippen LogP contribution in [0.15, 0.2) is 126 Å². The molecule has 0 spiro atoms. The van der Waals surface area contributed by atoms with Crippen LogP contribution in [0.1, 0.15) is 35.6 Å². The molecule has 0 bridgehead atoms. The van der Waals surface area contributed by atoms with E-state index in [0.29, 0.717) is 6.42 Å². The SMILES string of the molecule is C#Cc1c2c(cc(-c3c4ccccc4c(-c4c5ccccc5cc5c4oc4ccccc45)c4ccccc34)c1/C=C\C)C=CCC#C2. The Balaban J connectivity index is 1.50. The number of allylic oxidation sites excluding steroid dienone is 2. The second kappa shape index (κ2) is 10.7. The average Bonchev–Trinajstić information content (AvgIpc) is 3.31. The Labute approximate surface area is 273 Å². The van der Waals surface area contributed by atoms with E-state index < -0.39 is 0 Å². The van der Waals surface area contributed by atoms with Crippen molar-refractivity contribution in [3.8, 4) is 46.4 Å². The van der Waals surface area contributed by atoms with Gasteiger partial charge in [0.1, 0.15) is 11.2 Å². The van der Waals surface area contributed by atoms with Crippen molar-refractivity contribution in [1.82, 2.24) is 0 Å². The summed E-state index contributed by atoms with van der Waals surface area (Å²) in [6, 6.07) is 39.1. The third-order valence-corrected chi connectivity index (χ3v) is 9.45. The topological polar surface area (TPSA) is 13.1 Å². The molecule has 7 aromatic carbocycles. The normalized spacial score (nSPS) is 12.5. The highest BCUT2D eigenvalue weighted by molar-refractivity contribution is 6.28. The molecule has 0 fully saturated rings. The van der Waals surface area contributed by atoms with Crippen LogP contribution in [0.4, 0.5) is 0 Å². The van der Waals surface area contributed by atoms with Crippen molar-refractivity contribution >= 4 is 66.4 Å². The van der Waals surface area contributed by atoms with Crippen LogP contribution in [0.2, 0.25) is 0 Å². The van der Waals surface area contributed by atoms with E-state index in [1.807, 2.05) is 13.0 Å². The zero-order valence-electron chi connectivity index (χ0n) is 25.9. The number of terminal acetylenes is 1. The predicted molar refractivity (Wildman–Crippen MR) is 200 cm³/mol. The molecule has 9 rings (SSSR count). The Bertz CT molecular complexity index is 2730. The Kier molecular flexibility index (Phi) is 6.14. The lowest BCUT2D eigenvalue weighted by Gasteiger charge is -2.21. The Morgan fingerprint density at radius 1 is 0.702 bits per heavy atom. The van der Waals surface area contributed by atoms with Crippen LogP contribution >= 0.6 is 0 Å². The van der Waals surface area contributed by atoms with Crippen molar-refractivity contribution in [3.05, 3.63) is 144 Å². The zero-order valence-corrected chi connectivity index (χ0v) is 25.9. The summed E-state index contributed by atoms with van der Waals surface area (Å²) in [5.74, 6) is 9.67. The maximum Gasteiger partial charge on any atom is 0.143 e. The first-order valence-electron chi connectivity index (χ1n) is 16.0. The van der Waals surface area contributed by atoms with Gasteiger partial charge in [-0.25, -0.2) is 0 Å². The minimum absolute atomic E-state index is 0.703. The van der Waals surface area contributed by atoms with Crippen LogP contribution in [-0.4, -0.2) is 0 Å². The lowest BCUT2D eigenvalue weighted by Crippen LogP contribution is -1.99. The van der Waals surface area contributed by atoms with Gasteiger partial charge in [-0.05, 0) is 79.7 Å². The van der Waals surface area contributed by atoms with Gasteiger partial charge in [0.2, 0.25) is 0 Å². The standard InChI is InChI=1S/C46H28O/c1-3-16-34-31(4-2)32-19-7-5-6-17-29(32)27-40(34)43-36-22-10-12-24-38(36)44(39-25-13-11-23-37(39)43)45-33-20-9-8-18-30(33)28-41-35-21-14-15-26-42(35)47-46(41)45/h2-3,6,8-18,20-28H,5H2,1H3/b16-3-. The molecule has 1 nitrogen and oxygen atoms in total. The number of para-hydroxylation sites is 1. The van der Waals surface area contributed by atoms with Crippen LogP contribution < -0.4 is 0 Å². The van der Waals surface area contributed by atoms with Gasteiger partial charge >= 0.3 is 0 Å². The molecule has 1 aliphatic carbocycles. The Morgan fingerprint density at radius 3 is 2.04 bits per heavy atom.